The van der Waals surface area contributed by atoms with Gasteiger partial charge in [0.15, 0.2) is 0 Å². The van der Waals surface area contributed by atoms with Crippen molar-refractivity contribution in [3.63, 3.8) is 0 Å². The van der Waals surface area contributed by atoms with E-state index in [4.69, 9.17) is 0 Å². The van der Waals surface area contributed by atoms with E-state index in [-0.39, 0.29) is 0 Å². The van der Waals surface area contributed by atoms with Gasteiger partial charge in [0.2, 0.25) is 0 Å². The molecule has 0 atom stereocenters. The van der Waals surface area contributed by atoms with E-state index in [1.807, 2.05) is 31.7 Å². The molecule has 0 aromatic rings. The predicted octanol–water partition coefficient (Wildman–Crippen LogP) is 2.30. The molecule has 0 aliphatic rings. The fourth-order valence-electron chi connectivity index (χ4n) is 0.210. The molecule has 0 heterocycles. The van der Waals surface area contributed by atoms with Gasteiger partial charge in [-0.05, 0) is 20.1 Å². The lowest BCUT2D eigenvalue weighted by Gasteiger charge is -1.84. The molecule has 0 bridgehead atoms. The van der Waals surface area contributed by atoms with Gasteiger partial charge in [-0.3, -0.25) is 4.99 Å². The van der Waals surface area contributed by atoms with Crippen LogP contribution < -0.4 is 0 Å². The van der Waals surface area contributed by atoms with E-state index in [9.17, 15) is 0 Å². The second kappa shape index (κ2) is 4.91. The highest BCUT2D eigenvalue weighted by atomic mass is 32.2. The number of allylic oxidation sites excluding steroid dienone is 2. The zero-order valence-electron chi connectivity index (χ0n) is 5.51. The van der Waals surface area contributed by atoms with Crippen LogP contribution in [0.25, 0.3) is 0 Å². The van der Waals surface area contributed by atoms with Crippen LogP contribution in [0.15, 0.2) is 16.8 Å². The van der Waals surface area contributed by atoms with Gasteiger partial charge < -0.3 is 0 Å². The summed E-state index contributed by atoms with van der Waals surface area (Å²) in [5, 5.41) is 0. The van der Waals surface area contributed by atoms with Crippen LogP contribution in [0.1, 0.15) is 13.8 Å². The first kappa shape index (κ1) is 7.76. The second-order valence-electron chi connectivity index (χ2n) is 1.40. The van der Waals surface area contributed by atoms with Crippen molar-refractivity contribution in [1.82, 2.24) is 0 Å². The molecule has 0 N–H and O–H groups in total. The second-order valence-corrected chi connectivity index (χ2v) is 2.08. The summed E-state index contributed by atoms with van der Waals surface area (Å²) in [6.45, 7) is 3.96. The summed E-state index contributed by atoms with van der Waals surface area (Å²) in [6.07, 6.45) is 3.97. The van der Waals surface area contributed by atoms with Gasteiger partial charge >= 0.3 is 0 Å². The Hall–Kier alpha value is -0.240. The van der Waals surface area contributed by atoms with Crippen molar-refractivity contribution in [1.29, 1.82) is 0 Å². The minimum atomic E-state index is 1.07. The lowest BCUT2D eigenvalue weighted by Crippen LogP contribution is -1.65. The van der Waals surface area contributed by atoms with Crippen molar-refractivity contribution in [2.75, 3.05) is 6.26 Å². The van der Waals surface area contributed by atoms with E-state index in [0.717, 1.165) is 5.70 Å². The summed E-state index contributed by atoms with van der Waals surface area (Å²) < 4.78 is 0. The summed E-state index contributed by atoms with van der Waals surface area (Å²) in [7, 11) is 0. The van der Waals surface area contributed by atoms with Gasteiger partial charge in [0.1, 0.15) is 0 Å². The van der Waals surface area contributed by atoms with E-state index in [2.05, 4.69) is 4.99 Å². The molecule has 0 spiro atoms. The Kier molecular flexibility index (Phi) is 4.76. The largest absolute Gasteiger partial charge is 0.255 e. The van der Waals surface area contributed by atoms with Crippen molar-refractivity contribution >= 4 is 17.3 Å². The molecule has 2 heteroatoms. The SMILES string of the molecule is C/C=C(C)/N=C\SC. The first-order valence-corrected chi connectivity index (χ1v) is 3.78. The highest BCUT2D eigenvalue weighted by molar-refractivity contribution is 8.11. The standard InChI is InChI=1S/C6H11NS/c1-4-6(2)7-5-8-3/h4-5H,1-3H3/b6-4+,7-5-. The van der Waals surface area contributed by atoms with Crippen molar-refractivity contribution in [2.45, 2.75) is 13.8 Å². The van der Waals surface area contributed by atoms with Crippen LogP contribution in [0.4, 0.5) is 0 Å². The molecule has 1 nitrogen and oxygen atoms in total. The van der Waals surface area contributed by atoms with Crippen LogP contribution >= 0.6 is 11.8 Å². The van der Waals surface area contributed by atoms with Gasteiger partial charge in [0.05, 0.1) is 5.55 Å². The van der Waals surface area contributed by atoms with Crippen molar-refractivity contribution in [3.8, 4) is 0 Å². The molecule has 8 heavy (non-hydrogen) atoms. The first-order valence-electron chi connectivity index (χ1n) is 2.49. The van der Waals surface area contributed by atoms with Crippen LogP contribution in [0.2, 0.25) is 0 Å². The lowest BCUT2D eigenvalue weighted by atomic mass is 10.5. The maximum absolute atomic E-state index is 4.06. The molecular formula is C6H11NS. The first-order chi connectivity index (χ1) is 3.81. The van der Waals surface area contributed by atoms with Gasteiger partial charge in [0, 0.05) is 5.70 Å². The van der Waals surface area contributed by atoms with Crippen LogP contribution in [0.3, 0.4) is 0 Å². The van der Waals surface area contributed by atoms with Gasteiger partial charge in [-0.15, -0.1) is 11.8 Å². The van der Waals surface area contributed by atoms with Crippen molar-refractivity contribution < 1.29 is 0 Å². The molecule has 0 aliphatic heterocycles. The molecule has 0 fully saturated rings. The van der Waals surface area contributed by atoms with E-state index in [1.165, 1.54) is 0 Å². The highest BCUT2D eigenvalue weighted by Gasteiger charge is 1.73. The lowest BCUT2D eigenvalue weighted by molar-refractivity contribution is 1.30. The molecule has 0 amide bonds. The topological polar surface area (TPSA) is 12.4 Å². The third-order valence-corrected chi connectivity index (χ3v) is 1.10. The minimum absolute atomic E-state index is 1.07. The van der Waals surface area contributed by atoms with Crippen LogP contribution in [-0.4, -0.2) is 11.8 Å². The molecule has 0 aliphatic carbocycles. The molecular weight excluding hydrogens is 118 g/mol. The Labute approximate surface area is 54.9 Å². The Morgan fingerprint density at radius 3 is 2.62 bits per heavy atom. The monoisotopic (exact) mass is 129 g/mol. The molecule has 46 valence electrons. The van der Waals surface area contributed by atoms with Gasteiger partial charge in [-0.2, -0.15) is 0 Å². The zero-order chi connectivity index (χ0) is 6.41. The van der Waals surface area contributed by atoms with Crippen LogP contribution in [0, 0.1) is 0 Å². The fourth-order valence-corrected chi connectivity index (χ4v) is 0.482. The smallest absolute Gasteiger partial charge is 0.0597 e. The normalized spacial score (nSPS) is 13.1. The van der Waals surface area contributed by atoms with Crippen molar-refractivity contribution in [3.05, 3.63) is 11.8 Å². The Morgan fingerprint density at radius 2 is 2.25 bits per heavy atom. The molecule has 0 unspecified atom stereocenters. The summed E-state index contributed by atoms with van der Waals surface area (Å²) in [4.78, 5) is 4.06. The third-order valence-electron chi connectivity index (χ3n) is 0.780. The Bertz CT molecular complexity index is 105. The fraction of sp³-hybridized carbons (Fsp3) is 0.500. The highest BCUT2D eigenvalue weighted by Crippen LogP contribution is 1.94. The number of aliphatic imine (C=N–C) groups is 1. The quantitative estimate of drug-likeness (QED) is 0.411. The minimum Gasteiger partial charge on any atom is -0.255 e. The number of nitrogens with zero attached hydrogens (tertiary/aromatic N) is 1. The van der Waals surface area contributed by atoms with Gasteiger partial charge in [-0.25, -0.2) is 0 Å². The Balaban J connectivity index is 3.53. The predicted molar refractivity (Wildman–Crippen MR) is 41.4 cm³/mol. The van der Waals surface area contributed by atoms with Crippen molar-refractivity contribution in [2.24, 2.45) is 4.99 Å². The molecule has 0 aromatic heterocycles. The van der Waals surface area contributed by atoms with E-state index in [1.54, 1.807) is 11.8 Å². The van der Waals surface area contributed by atoms with Crippen LogP contribution in [-0.2, 0) is 0 Å². The summed E-state index contributed by atoms with van der Waals surface area (Å²) >= 11 is 1.61. The Morgan fingerprint density at radius 1 is 1.62 bits per heavy atom. The van der Waals surface area contributed by atoms with E-state index >= 15 is 0 Å². The molecule has 0 saturated heterocycles. The summed E-state index contributed by atoms with van der Waals surface area (Å²) in [6, 6.07) is 0. The number of rotatable bonds is 2. The maximum atomic E-state index is 4.06. The van der Waals surface area contributed by atoms with E-state index in [0.29, 0.717) is 0 Å². The number of hydrogen-bond acceptors (Lipinski definition) is 2. The zero-order valence-corrected chi connectivity index (χ0v) is 6.33. The maximum Gasteiger partial charge on any atom is 0.0597 e. The number of thioether (sulfide) groups is 1. The average Bonchev–Trinajstić information content (AvgIpc) is 1.83. The third kappa shape index (κ3) is 3.93. The van der Waals surface area contributed by atoms with Gasteiger partial charge in [-0.1, -0.05) is 6.08 Å². The van der Waals surface area contributed by atoms with E-state index < -0.39 is 0 Å². The molecule has 0 rings (SSSR count). The molecule has 0 aromatic carbocycles. The summed E-state index contributed by atoms with van der Waals surface area (Å²) in [5.41, 5.74) is 2.90. The van der Waals surface area contributed by atoms with Crippen LogP contribution in [0.5, 0.6) is 0 Å². The summed E-state index contributed by atoms with van der Waals surface area (Å²) in [5.74, 6) is 0. The molecule has 0 radical (unpaired) electrons. The average molecular weight is 129 g/mol. The number of hydrogen-bond donors (Lipinski definition) is 0. The molecule has 0 saturated carbocycles. The van der Waals surface area contributed by atoms with Gasteiger partial charge in [0.25, 0.3) is 0 Å².